The Morgan fingerprint density at radius 2 is 1.64 bits per heavy atom. The van der Waals surface area contributed by atoms with Crippen molar-refractivity contribution in [3.63, 3.8) is 0 Å². The topological polar surface area (TPSA) is 66.5 Å². The highest BCUT2D eigenvalue weighted by atomic mass is 79.9. The number of benzene rings is 2. The summed E-state index contributed by atoms with van der Waals surface area (Å²) in [6, 6.07) is 11.6. The van der Waals surface area contributed by atoms with Gasteiger partial charge in [0, 0.05) is 16.2 Å². The van der Waals surface area contributed by atoms with Crippen LogP contribution in [0.3, 0.4) is 0 Å². The van der Waals surface area contributed by atoms with Crippen molar-refractivity contribution < 1.29 is 17.6 Å². The fourth-order valence-corrected chi connectivity index (χ4v) is 5.30. The Labute approximate surface area is 173 Å². The number of anilines is 1. The quantitative estimate of drug-likeness (QED) is 0.675. The summed E-state index contributed by atoms with van der Waals surface area (Å²) < 4.78 is 41.8. The molecule has 0 saturated heterocycles. The molecule has 1 aliphatic carbocycles. The van der Waals surface area contributed by atoms with Gasteiger partial charge in [-0.2, -0.15) is 4.31 Å². The van der Waals surface area contributed by atoms with Gasteiger partial charge in [0.25, 0.3) is 0 Å². The molecule has 0 atom stereocenters. The van der Waals surface area contributed by atoms with Gasteiger partial charge in [-0.25, -0.2) is 12.8 Å². The second-order valence-corrected chi connectivity index (χ2v) is 9.66. The first-order chi connectivity index (χ1) is 13.4. The number of amides is 1. The van der Waals surface area contributed by atoms with Crippen molar-refractivity contribution in [1.29, 1.82) is 0 Å². The molecule has 1 saturated carbocycles. The van der Waals surface area contributed by atoms with E-state index in [0.29, 0.717) is 18.5 Å². The monoisotopic (exact) mass is 468 g/mol. The summed E-state index contributed by atoms with van der Waals surface area (Å²) in [6.45, 7) is -0.277. The molecule has 0 aliphatic heterocycles. The maximum atomic E-state index is 13.2. The number of halogens is 2. The molecule has 1 amide bonds. The van der Waals surface area contributed by atoms with Crippen molar-refractivity contribution in [2.45, 2.75) is 43.0 Å². The van der Waals surface area contributed by atoms with Gasteiger partial charge in [-0.15, -0.1) is 0 Å². The Hall–Kier alpha value is -1.77. The Kier molecular flexibility index (Phi) is 6.85. The molecule has 1 aliphatic rings. The summed E-state index contributed by atoms with van der Waals surface area (Å²) in [5, 5.41) is 2.75. The fourth-order valence-electron chi connectivity index (χ4n) is 3.40. The molecule has 1 fully saturated rings. The van der Waals surface area contributed by atoms with Gasteiger partial charge in [0.05, 0.1) is 11.4 Å². The van der Waals surface area contributed by atoms with Crippen LogP contribution in [-0.4, -0.2) is 31.2 Å². The molecule has 28 heavy (non-hydrogen) atoms. The van der Waals surface area contributed by atoms with E-state index < -0.39 is 21.7 Å². The molecule has 3 rings (SSSR count). The largest absolute Gasteiger partial charge is 0.325 e. The predicted octanol–water partition coefficient (Wildman–Crippen LogP) is 4.55. The molecule has 0 aromatic heterocycles. The maximum Gasteiger partial charge on any atom is 0.243 e. The number of carbonyl (C=O) groups is 1. The normalized spacial score (nSPS) is 15.5. The Morgan fingerprint density at radius 3 is 2.25 bits per heavy atom. The summed E-state index contributed by atoms with van der Waals surface area (Å²) >= 11 is 3.33. The van der Waals surface area contributed by atoms with Gasteiger partial charge >= 0.3 is 0 Å². The Balaban J connectivity index is 1.83. The van der Waals surface area contributed by atoms with Gasteiger partial charge in [0.1, 0.15) is 5.82 Å². The minimum Gasteiger partial charge on any atom is -0.325 e. The standard InChI is InChI=1S/C20H22BrFN2O3S/c21-15-6-10-17(11-7-15)23-20(25)14-24(18-4-2-1-3-5-18)28(26,27)19-12-8-16(22)9-13-19/h6-13,18H,1-5,14H2,(H,23,25). The number of hydrogen-bond acceptors (Lipinski definition) is 3. The summed E-state index contributed by atoms with van der Waals surface area (Å²) in [6.07, 6.45) is 4.34. The minimum atomic E-state index is -3.91. The van der Waals surface area contributed by atoms with Crippen LogP contribution in [0.1, 0.15) is 32.1 Å². The molecular formula is C20H22BrFN2O3S. The fraction of sp³-hybridized carbons (Fsp3) is 0.350. The number of sulfonamides is 1. The molecule has 2 aromatic rings. The van der Waals surface area contributed by atoms with Gasteiger partial charge in [0.2, 0.25) is 15.9 Å². The lowest BCUT2D eigenvalue weighted by Gasteiger charge is -2.33. The van der Waals surface area contributed by atoms with E-state index in [1.54, 1.807) is 24.3 Å². The van der Waals surface area contributed by atoms with Crippen LogP contribution < -0.4 is 5.32 Å². The molecule has 5 nitrogen and oxygen atoms in total. The van der Waals surface area contributed by atoms with E-state index >= 15 is 0 Å². The highest BCUT2D eigenvalue weighted by Gasteiger charge is 2.34. The number of carbonyl (C=O) groups excluding carboxylic acids is 1. The molecule has 0 unspecified atom stereocenters. The zero-order chi connectivity index (χ0) is 20.1. The lowest BCUT2D eigenvalue weighted by Crippen LogP contribution is -2.45. The highest BCUT2D eigenvalue weighted by molar-refractivity contribution is 9.10. The lowest BCUT2D eigenvalue weighted by molar-refractivity contribution is -0.116. The highest BCUT2D eigenvalue weighted by Crippen LogP contribution is 2.28. The van der Waals surface area contributed by atoms with Crippen LogP contribution in [0.5, 0.6) is 0 Å². The van der Waals surface area contributed by atoms with E-state index in [0.717, 1.165) is 35.9 Å². The summed E-state index contributed by atoms with van der Waals surface area (Å²) in [5.74, 6) is -0.908. The number of rotatable bonds is 6. The van der Waals surface area contributed by atoms with E-state index in [1.165, 1.54) is 16.4 Å². The molecule has 0 radical (unpaired) electrons. The van der Waals surface area contributed by atoms with Gasteiger partial charge < -0.3 is 5.32 Å². The molecule has 150 valence electrons. The molecule has 8 heteroatoms. The van der Waals surface area contributed by atoms with Crippen LogP contribution in [0.25, 0.3) is 0 Å². The van der Waals surface area contributed by atoms with Crippen LogP contribution in [0.2, 0.25) is 0 Å². The van der Waals surface area contributed by atoms with Gasteiger partial charge in [-0.1, -0.05) is 35.2 Å². The number of nitrogens with one attached hydrogen (secondary N) is 1. The van der Waals surface area contributed by atoms with Crippen molar-refractivity contribution in [2.75, 3.05) is 11.9 Å². The first kappa shape index (κ1) is 21.0. The smallest absolute Gasteiger partial charge is 0.243 e. The first-order valence-electron chi connectivity index (χ1n) is 9.19. The molecule has 0 heterocycles. The van der Waals surface area contributed by atoms with Crippen molar-refractivity contribution >= 4 is 37.5 Å². The Bertz CT molecular complexity index is 911. The summed E-state index contributed by atoms with van der Waals surface area (Å²) in [5.41, 5.74) is 0.593. The van der Waals surface area contributed by atoms with E-state index in [9.17, 15) is 17.6 Å². The second kappa shape index (κ2) is 9.15. The van der Waals surface area contributed by atoms with E-state index in [-0.39, 0.29) is 17.5 Å². The van der Waals surface area contributed by atoms with Crippen LogP contribution in [-0.2, 0) is 14.8 Å². The first-order valence-corrected chi connectivity index (χ1v) is 11.4. The number of nitrogens with zero attached hydrogens (tertiary/aromatic N) is 1. The third-order valence-electron chi connectivity index (χ3n) is 4.83. The summed E-state index contributed by atoms with van der Waals surface area (Å²) in [7, 11) is -3.91. The van der Waals surface area contributed by atoms with E-state index in [4.69, 9.17) is 0 Å². The van der Waals surface area contributed by atoms with Crippen molar-refractivity contribution in [3.8, 4) is 0 Å². The maximum absolute atomic E-state index is 13.2. The summed E-state index contributed by atoms with van der Waals surface area (Å²) in [4.78, 5) is 12.6. The zero-order valence-corrected chi connectivity index (χ0v) is 17.7. The third-order valence-corrected chi connectivity index (χ3v) is 7.27. The minimum absolute atomic E-state index is 0.00378. The van der Waals surface area contributed by atoms with Crippen molar-refractivity contribution in [1.82, 2.24) is 4.31 Å². The zero-order valence-electron chi connectivity index (χ0n) is 15.3. The predicted molar refractivity (Wildman–Crippen MR) is 110 cm³/mol. The molecule has 1 N–H and O–H groups in total. The Morgan fingerprint density at radius 1 is 1.04 bits per heavy atom. The van der Waals surface area contributed by atoms with Gasteiger partial charge in [-0.05, 0) is 61.4 Å². The average molecular weight is 469 g/mol. The van der Waals surface area contributed by atoms with Crippen molar-refractivity contribution in [3.05, 3.63) is 58.8 Å². The molecular weight excluding hydrogens is 447 g/mol. The SMILES string of the molecule is O=C(CN(C1CCCCC1)S(=O)(=O)c1ccc(F)cc1)Nc1ccc(Br)cc1. The molecule has 2 aromatic carbocycles. The van der Waals surface area contributed by atoms with Gasteiger partial charge in [-0.3, -0.25) is 4.79 Å². The van der Waals surface area contributed by atoms with Crippen molar-refractivity contribution in [2.24, 2.45) is 0 Å². The third kappa shape index (κ3) is 5.18. The molecule has 0 bridgehead atoms. The second-order valence-electron chi connectivity index (χ2n) is 6.85. The van der Waals surface area contributed by atoms with E-state index in [1.807, 2.05) is 0 Å². The lowest BCUT2D eigenvalue weighted by atomic mass is 9.95. The van der Waals surface area contributed by atoms with Gasteiger partial charge in [0.15, 0.2) is 0 Å². The van der Waals surface area contributed by atoms with Crippen LogP contribution in [0.4, 0.5) is 10.1 Å². The van der Waals surface area contributed by atoms with Crippen LogP contribution in [0.15, 0.2) is 57.9 Å². The van der Waals surface area contributed by atoms with E-state index in [2.05, 4.69) is 21.2 Å². The van der Waals surface area contributed by atoms with Crippen LogP contribution >= 0.6 is 15.9 Å². The number of hydrogen-bond donors (Lipinski definition) is 1. The molecule has 0 spiro atoms. The average Bonchev–Trinajstić information content (AvgIpc) is 2.69. The van der Waals surface area contributed by atoms with Crippen LogP contribution in [0, 0.1) is 5.82 Å².